The molecule has 0 radical (unpaired) electrons. The van der Waals surface area contributed by atoms with E-state index >= 15 is 0 Å². The van der Waals surface area contributed by atoms with Crippen molar-refractivity contribution >= 4 is 28.1 Å². The van der Waals surface area contributed by atoms with Gasteiger partial charge < -0.3 is 20.9 Å². The molecule has 0 saturated heterocycles. The van der Waals surface area contributed by atoms with Gasteiger partial charge in [0, 0.05) is 28.7 Å². The number of fused-ring (bicyclic) bond motifs is 1. The maximum absolute atomic E-state index is 10.3. The second-order valence-electron chi connectivity index (χ2n) is 4.12. The first-order valence-electron chi connectivity index (χ1n) is 5.99. The predicted octanol–water partition coefficient (Wildman–Crippen LogP) is 1.94. The molecular weight excluding hydrogens is 244 g/mol. The summed E-state index contributed by atoms with van der Waals surface area (Å²) in [5, 5.41) is 13.7. The second-order valence-corrected chi connectivity index (χ2v) is 4.12. The minimum Gasteiger partial charge on any atom is -0.480 e. The molecule has 0 heterocycles. The summed E-state index contributed by atoms with van der Waals surface area (Å²) in [6, 6.07) is 11.6. The van der Waals surface area contributed by atoms with E-state index < -0.39 is 5.97 Å². The van der Waals surface area contributed by atoms with Crippen LogP contribution in [0.5, 0.6) is 0 Å². The molecule has 0 bridgehead atoms. The van der Waals surface area contributed by atoms with Crippen molar-refractivity contribution in [1.82, 2.24) is 0 Å². The maximum atomic E-state index is 10.3. The van der Waals surface area contributed by atoms with Crippen molar-refractivity contribution in [1.29, 1.82) is 0 Å². The number of hydrogen-bond donors (Lipinski definition) is 3. The second kappa shape index (κ2) is 6.06. The highest BCUT2D eigenvalue weighted by molar-refractivity contribution is 6.01. The van der Waals surface area contributed by atoms with E-state index in [9.17, 15) is 4.79 Å². The number of rotatable bonds is 6. The summed E-state index contributed by atoms with van der Waals surface area (Å²) < 4.78 is 4.97. The summed E-state index contributed by atoms with van der Waals surface area (Å²) in [4.78, 5) is 10.3. The summed E-state index contributed by atoms with van der Waals surface area (Å²) in [5.41, 5.74) is 7.62. The van der Waals surface area contributed by atoms with Gasteiger partial charge in [-0.3, -0.25) is 0 Å². The van der Waals surface area contributed by atoms with E-state index in [1.54, 1.807) is 0 Å². The van der Waals surface area contributed by atoms with Crippen LogP contribution in [0.4, 0.5) is 11.4 Å². The summed E-state index contributed by atoms with van der Waals surface area (Å²) in [6.07, 6.45) is 0. The molecule has 5 nitrogen and oxygen atoms in total. The topological polar surface area (TPSA) is 84.6 Å². The Bertz CT molecular complexity index is 584. The van der Waals surface area contributed by atoms with Gasteiger partial charge in [-0.25, -0.2) is 4.79 Å². The standard InChI is InChI=1S/C14H16N2O3/c15-12-5-6-13(11-4-2-1-3-10(11)12)16-7-8-19-9-14(17)18/h1-6,16H,7-9,15H2,(H,17,18). The highest BCUT2D eigenvalue weighted by Crippen LogP contribution is 2.27. The lowest BCUT2D eigenvalue weighted by atomic mass is 10.1. The summed E-state index contributed by atoms with van der Waals surface area (Å²) >= 11 is 0. The molecule has 0 atom stereocenters. The quantitative estimate of drug-likeness (QED) is 0.546. The molecule has 2 aromatic rings. The average molecular weight is 260 g/mol. The van der Waals surface area contributed by atoms with Crippen LogP contribution < -0.4 is 11.1 Å². The lowest BCUT2D eigenvalue weighted by Gasteiger charge is -2.11. The molecule has 4 N–H and O–H groups in total. The Hall–Kier alpha value is -2.27. The number of ether oxygens (including phenoxy) is 1. The van der Waals surface area contributed by atoms with Crippen molar-refractivity contribution in [2.24, 2.45) is 0 Å². The number of nitrogen functional groups attached to an aromatic ring is 1. The smallest absolute Gasteiger partial charge is 0.329 e. The molecule has 2 aromatic carbocycles. The Morgan fingerprint density at radius 1 is 1.21 bits per heavy atom. The number of hydrogen-bond acceptors (Lipinski definition) is 4. The average Bonchev–Trinajstić information content (AvgIpc) is 2.41. The maximum Gasteiger partial charge on any atom is 0.329 e. The number of nitrogens with two attached hydrogens (primary N) is 1. The Balaban J connectivity index is 2.01. The number of anilines is 2. The third kappa shape index (κ3) is 3.35. The van der Waals surface area contributed by atoms with Crippen molar-refractivity contribution in [3.05, 3.63) is 36.4 Å². The van der Waals surface area contributed by atoms with Gasteiger partial charge in [-0.05, 0) is 12.1 Å². The van der Waals surface area contributed by atoms with Crippen molar-refractivity contribution in [3.63, 3.8) is 0 Å². The van der Waals surface area contributed by atoms with Crippen molar-refractivity contribution in [2.75, 3.05) is 30.8 Å². The van der Waals surface area contributed by atoms with Gasteiger partial charge in [-0.2, -0.15) is 0 Å². The van der Waals surface area contributed by atoms with Crippen LogP contribution in [0.2, 0.25) is 0 Å². The SMILES string of the molecule is Nc1ccc(NCCOCC(=O)O)c2ccccc12. The molecule has 0 fully saturated rings. The van der Waals surface area contributed by atoms with Gasteiger partial charge in [0.15, 0.2) is 0 Å². The van der Waals surface area contributed by atoms with E-state index in [0.717, 1.165) is 22.1 Å². The van der Waals surface area contributed by atoms with Gasteiger partial charge in [0.05, 0.1) is 6.61 Å². The van der Waals surface area contributed by atoms with Crippen molar-refractivity contribution in [3.8, 4) is 0 Å². The molecule has 0 aliphatic rings. The molecule has 0 saturated carbocycles. The first-order valence-corrected chi connectivity index (χ1v) is 5.99. The van der Waals surface area contributed by atoms with Gasteiger partial charge >= 0.3 is 5.97 Å². The lowest BCUT2D eigenvalue weighted by molar-refractivity contribution is -0.142. The molecule has 0 aromatic heterocycles. The minimum atomic E-state index is -0.960. The number of aliphatic carboxylic acids is 1. The van der Waals surface area contributed by atoms with E-state index in [0.29, 0.717) is 13.2 Å². The summed E-state index contributed by atoms with van der Waals surface area (Å²) in [6.45, 7) is 0.608. The lowest BCUT2D eigenvalue weighted by Crippen LogP contribution is -2.14. The molecule has 0 unspecified atom stereocenters. The Labute approximate surface area is 111 Å². The zero-order valence-corrected chi connectivity index (χ0v) is 10.4. The Morgan fingerprint density at radius 3 is 2.68 bits per heavy atom. The van der Waals surface area contributed by atoms with Crippen LogP contribution in [-0.4, -0.2) is 30.8 Å². The first-order chi connectivity index (χ1) is 9.18. The highest BCUT2D eigenvalue weighted by atomic mass is 16.5. The van der Waals surface area contributed by atoms with Crippen LogP contribution in [0, 0.1) is 0 Å². The van der Waals surface area contributed by atoms with Crippen LogP contribution >= 0.6 is 0 Å². The number of nitrogens with one attached hydrogen (secondary N) is 1. The molecule has 0 aliphatic heterocycles. The van der Waals surface area contributed by atoms with Crippen molar-refractivity contribution in [2.45, 2.75) is 0 Å². The van der Waals surface area contributed by atoms with E-state index in [-0.39, 0.29) is 6.61 Å². The Morgan fingerprint density at radius 2 is 1.95 bits per heavy atom. The molecule has 0 aliphatic carbocycles. The van der Waals surface area contributed by atoms with Crippen LogP contribution in [0.15, 0.2) is 36.4 Å². The summed E-state index contributed by atoms with van der Waals surface area (Å²) in [7, 11) is 0. The number of benzene rings is 2. The van der Waals surface area contributed by atoms with Crippen LogP contribution in [0.3, 0.4) is 0 Å². The monoisotopic (exact) mass is 260 g/mol. The fourth-order valence-electron chi connectivity index (χ4n) is 1.89. The van der Waals surface area contributed by atoms with Gasteiger partial charge in [0.1, 0.15) is 6.61 Å². The number of carboxylic acid groups (broad SMARTS) is 1. The molecule has 100 valence electrons. The van der Waals surface area contributed by atoms with Gasteiger partial charge in [0.25, 0.3) is 0 Å². The van der Waals surface area contributed by atoms with E-state index in [4.69, 9.17) is 15.6 Å². The molecule has 0 spiro atoms. The van der Waals surface area contributed by atoms with E-state index in [1.165, 1.54) is 0 Å². The van der Waals surface area contributed by atoms with Gasteiger partial charge in [-0.1, -0.05) is 24.3 Å². The van der Waals surface area contributed by atoms with Gasteiger partial charge in [0.2, 0.25) is 0 Å². The third-order valence-corrected chi connectivity index (χ3v) is 2.75. The van der Waals surface area contributed by atoms with Crippen LogP contribution in [0.25, 0.3) is 10.8 Å². The normalized spacial score (nSPS) is 10.5. The molecular formula is C14H16N2O3. The highest BCUT2D eigenvalue weighted by Gasteiger charge is 2.03. The summed E-state index contributed by atoms with van der Waals surface area (Å²) in [5.74, 6) is -0.960. The van der Waals surface area contributed by atoms with Crippen LogP contribution in [0.1, 0.15) is 0 Å². The zero-order valence-electron chi connectivity index (χ0n) is 10.4. The van der Waals surface area contributed by atoms with E-state index in [2.05, 4.69) is 5.32 Å². The van der Waals surface area contributed by atoms with Crippen LogP contribution in [-0.2, 0) is 9.53 Å². The molecule has 19 heavy (non-hydrogen) atoms. The Kier molecular flexibility index (Phi) is 4.20. The largest absolute Gasteiger partial charge is 0.480 e. The fourth-order valence-corrected chi connectivity index (χ4v) is 1.89. The predicted molar refractivity (Wildman–Crippen MR) is 75.3 cm³/mol. The molecule has 0 amide bonds. The minimum absolute atomic E-state index is 0.274. The molecule has 5 heteroatoms. The third-order valence-electron chi connectivity index (χ3n) is 2.75. The fraction of sp³-hybridized carbons (Fsp3) is 0.214. The number of carboxylic acids is 1. The van der Waals surface area contributed by atoms with E-state index in [1.807, 2.05) is 36.4 Å². The first kappa shape index (κ1) is 13.2. The zero-order chi connectivity index (χ0) is 13.7. The van der Waals surface area contributed by atoms with Crippen molar-refractivity contribution < 1.29 is 14.6 Å². The molecule has 2 rings (SSSR count). The van der Waals surface area contributed by atoms with Gasteiger partial charge in [-0.15, -0.1) is 0 Å². The number of carbonyl (C=O) groups is 1.